The predicted molar refractivity (Wildman–Crippen MR) is 423 cm³/mol. The van der Waals surface area contributed by atoms with E-state index in [9.17, 15) is 0 Å². The summed E-state index contributed by atoms with van der Waals surface area (Å²) in [6, 6.07) is 136. The first-order chi connectivity index (χ1) is 50.6. The first-order valence-electron chi connectivity index (χ1n) is 34.5. The molecule has 102 heavy (non-hydrogen) atoms. The molecule has 15 aromatic carbocycles. The summed E-state index contributed by atoms with van der Waals surface area (Å²) in [5.74, 6) is 1.60. The van der Waals surface area contributed by atoms with Crippen LogP contribution >= 0.6 is 0 Å². The number of hydrogen-bond acceptors (Lipinski definition) is 6. The Morgan fingerprint density at radius 2 is 0.402 bits per heavy atom. The zero-order valence-electron chi connectivity index (χ0n) is 55.4. The lowest BCUT2D eigenvalue weighted by molar-refractivity contribution is 1.07. The molecule has 0 amide bonds. The van der Waals surface area contributed by atoms with Crippen molar-refractivity contribution in [3.8, 4) is 51.2 Å². The number of nitrogens with zero attached hydrogens (tertiary/aromatic N) is 9. The van der Waals surface area contributed by atoms with E-state index < -0.39 is 0 Å². The van der Waals surface area contributed by atoms with Gasteiger partial charge in [-0.2, -0.15) is 0 Å². The molecule has 4 aromatic heterocycles. The van der Waals surface area contributed by atoms with Crippen LogP contribution in [-0.4, -0.2) is 28.7 Å². The molecule has 0 saturated heterocycles. The van der Waals surface area contributed by atoms with Crippen LogP contribution in [0.25, 0.3) is 117 Å². The highest BCUT2D eigenvalue weighted by atomic mass is 15.2. The van der Waals surface area contributed by atoms with Crippen LogP contribution < -0.4 is 14.7 Å². The van der Waals surface area contributed by atoms with Crippen LogP contribution in [-0.2, 0) is 0 Å². The van der Waals surface area contributed by atoms with Crippen molar-refractivity contribution in [2.75, 3.05) is 14.7 Å². The van der Waals surface area contributed by atoms with Gasteiger partial charge < -0.3 is 28.4 Å². The summed E-state index contributed by atoms with van der Waals surface area (Å²) in [4.78, 5) is 23.9. The molecule has 9 nitrogen and oxygen atoms in total. The van der Waals surface area contributed by atoms with Gasteiger partial charge in [-0.25, -0.2) is 15.0 Å². The van der Waals surface area contributed by atoms with E-state index in [0.29, 0.717) is 17.5 Å². The zero-order chi connectivity index (χ0) is 67.5. The lowest BCUT2D eigenvalue weighted by Crippen LogP contribution is -2.11. The number of rotatable bonds is 15. The summed E-state index contributed by atoms with van der Waals surface area (Å²) in [5, 5.41) is 6.87. The molecule has 0 atom stereocenters. The number of para-hydroxylation sites is 12. The summed E-state index contributed by atoms with van der Waals surface area (Å²) in [7, 11) is 0. The molecule has 0 aliphatic rings. The Morgan fingerprint density at radius 1 is 0.186 bits per heavy atom. The van der Waals surface area contributed by atoms with Crippen LogP contribution in [0, 0.1) is 0 Å². The second-order valence-electron chi connectivity index (χ2n) is 25.6. The third-order valence-electron chi connectivity index (χ3n) is 19.6. The quantitative estimate of drug-likeness (QED) is 0.102. The molecule has 0 N–H and O–H groups in total. The molecule has 19 aromatic rings. The van der Waals surface area contributed by atoms with Crippen molar-refractivity contribution >= 4 is 117 Å². The molecule has 0 radical (unpaired) electrons. The van der Waals surface area contributed by atoms with Crippen LogP contribution in [0.5, 0.6) is 0 Å². The van der Waals surface area contributed by atoms with Crippen LogP contribution in [0.2, 0.25) is 0 Å². The molecule has 0 aliphatic carbocycles. The van der Waals surface area contributed by atoms with Gasteiger partial charge >= 0.3 is 0 Å². The van der Waals surface area contributed by atoms with Crippen molar-refractivity contribution < 1.29 is 0 Å². The smallest absolute Gasteiger partial charge is 0.164 e. The fourth-order valence-corrected chi connectivity index (χ4v) is 15.2. The van der Waals surface area contributed by atoms with Crippen LogP contribution in [0.1, 0.15) is 0 Å². The van der Waals surface area contributed by atoms with Crippen molar-refractivity contribution in [1.29, 1.82) is 0 Å². The number of hydrogen-bond donors (Lipinski definition) is 0. The Morgan fingerprint density at radius 3 is 0.657 bits per heavy atom. The highest BCUT2D eigenvalue weighted by Gasteiger charge is 2.27. The molecule has 0 saturated carbocycles. The van der Waals surface area contributed by atoms with Crippen LogP contribution in [0.15, 0.2) is 382 Å². The fourth-order valence-electron chi connectivity index (χ4n) is 15.2. The Kier molecular flexibility index (Phi) is 14.7. The van der Waals surface area contributed by atoms with Crippen LogP contribution in [0.4, 0.5) is 51.2 Å². The van der Waals surface area contributed by atoms with E-state index in [0.717, 1.165) is 150 Å². The lowest BCUT2D eigenvalue weighted by Gasteiger charge is -2.27. The van der Waals surface area contributed by atoms with Gasteiger partial charge in [0.05, 0.1) is 50.2 Å². The van der Waals surface area contributed by atoms with Gasteiger partial charge in [0, 0.05) is 100 Å². The minimum atomic E-state index is 0.532. The SMILES string of the molecule is c1ccc(N(c2ccccc2)c2cccc3c4ccccc4n(-c4cccc(-c5nc(-c6cccc(-n7c8ccccc8c8cccc(N(c9ccccc9)c9ccccc9)c87)c6)nc(-c6cccc(-n7c8ccccc8c8cccc(N(c9ccccc9)c9ccccc9)c87)c6)n5)c4)c23)cc1. The second-order valence-corrected chi connectivity index (χ2v) is 25.6. The minimum Gasteiger partial charge on any atom is -0.308 e. The molecular formula is C93H63N9. The Labute approximate surface area is 589 Å². The maximum atomic E-state index is 5.62. The van der Waals surface area contributed by atoms with E-state index in [1.807, 2.05) is 0 Å². The fraction of sp³-hybridized carbons (Fsp3) is 0. The molecule has 4 heterocycles. The van der Waals surface area contributed by atoms with E-state index in [1.54, 1.807) is 0 Å². The molecule has 9 heteroatoms. The Bertz CT molecular complexity index is 5580. The predicted octanol–water partition coefficient (Wildman–Crippen LogP) is 24.6. The summed E-state index contributed by atoms with van der Waals surface area (Å²) in [5.41, 5.74) is 21.3. The number of benzene rings is 15. The average molecular weight is 1310 g/mol. The summed E-state index contributed by atoms with van der Waals surface area (Å²) >= 11 is 0. The molecular weight excluding hydrogens is 1240 g/mol. The summed E-state index contributed by atoms with van der Waals surface area (Å²) in [6.45, 7) is 0. The van der Waals surface area contributed by atoms with E-state index in [2.05, 4.69) is 411 Å². The summed E-state index contributed by atoms with van der Waals surface area (Å²) in [6.07, 6.45) is 0. The molecule has 0 bridgehead atoms. The lowest BCUT2D eigenvalue weighted by atomic mass is 10.1. The summed E-state index contributed by atoms with van der Waals surface area (Å²) < 4.78 is 7.23. The van der Waals surface area contributed by atoms with E-state index in [1.165, 1.54) is 0 Å². The van der Waals surface area contributed by atoms with Crippen molar-refractivity contribution in [1.82, 2.24) is 28.7 Å². The van der Waals surface area contributed by atoms with Crippen LogP contribution in [0.3, 0.4) is 0 Å². The van der Waals surface area contributed by atoms with Crippen molar-refractivity contribution in [2.24, 2.45) is 0 Å². The highest BCUT2D eigenvalue weighted by Crippen LogP contribution is 2.48. The standard InChI is InChI=1S/C93H63N9/c1-7-34-67(35-8-1)97(68-36-9-2-10-37-68)85-58-28-52-79-76-49-19-22-55-82(76)100(88(79)85)73-46-25-31-64(61-73)91-94-92(65-32-26-47-74(62-65)101-83-56-23-20-50-77(83)80-53-29-59-86(89(80)101)98(69-38-11-3-12-39-69)70-40-13-4-14-41-70)96-93(95-91)66-33-27-48-75(63-66)102-84-57-24-21-51-78(84)81-54-30-60-87(90(81)102)99(71-42-15-5-16-43-71)72-44-17-6-18-45-72/h1-63H. The normalized spacial score (nSPS) is 11.5. The van der Waals surface area contributed by atoms with Gasteiger partial charge in [-0.15, -0.1) is 0 Å². The molecule has 480 valence electrons. The third-order valence-corrected chi connectivity index (χ3v) is 19.6. The molecule has 19 rings (SSSR count). The number of aromatic nitrogens is 6. The molecule has 0 spiro atoms. The van der Waals surface area contributed by atoms with E-state index in [4.69, 9.17) is 15.0 Å². The van der Waals surface area contributed by atoms with Crippen molar-refractivity contribution in [3.05, 3.63) is 382 Å². The van der Waals surface area contributed by atoms with Gasteiger partial charge in [-0.3, -0.25) is 0 Å². The van der Waals surface area contributed by atoms with E-state index >= 15 is 0 Å². The van der Waals surface area contributed by atoms with Crippen molar-refractivity contribution in [3.63, 3.8) is 0 Å². The molecule has 0 unspecified atom stereocenters. The maximum absolute atomic E-state index is 5.62. The van der Waals surface area contributed by atoms with Gasteiger partial charge in [0.15, 0.2) is 17.5 Å². The first-order valence-corrected chi connectivity index (χ1v) is 34.5. The highest BCUT2D eigenvalue weighted by molar-refractivity contribution is 6.17. The number of fused-ring (bicyclic) bond motifs is 9. The van der Waals surface area contributed by atoms with Crippen molar-refractivity contribution in [2.45, 2.75) is 0 Å². The topological polar surface area (TPSA) is 63.2 Å². The van der Waals surface area contributed by atoms with Gasteiger partial charge in [0.2, 0.25) is 0 Å². The second kappa shape index (κ2) is 25.2. The zero-order valence-corrected chi connectivity index (χ0v) is 55.4. The average Bonchev–Trinajstić information content (AvgIpc) is 1.58. The maximum Gasteiger partial charge on any atom is 0.164 e. The number of anilines is 9. The Balaban J connectivity index is 0.827. The molecule has 0 aliphatic heterocycles. The van der Waals surface area contributed by atoms with Gasteiger partial charge in [-0.1, -0.05) is 237 Å². The first kappa shape index (κ1) is 59.4. The largest absolute Gasteiger partial charge is 0.308 e. The third kappa shape index (κ3) is 10.2. The van der Waals surface area contributed by atoms with E-state index in [-0.39, 0.29) is 0 Å². The van der Waals surface area contributed by atoms with Gasteiger partial charge in [-0.05, 0) is 146 Å². The monoisotopic (exact) mass is 1310 g/mol. The Hall–Kier alpha value is -13.9. The van der Waals surface area contributed by atoms with Gasteiger partial charge in [0.1, 0.15) is 0 Å². The van der Waals surface area contributed by atoms with Gasteiger partial charge in [0.25, 0.3) is 0 Å². The molecule has 0 fully saturated rings. The minimum absolute atomic E-state index is 0.532.